The number of hydrogen-bond acceptors (Lipinski definition) is 11. The number of aliphatic hydroxyl groups is 4. The molecule has 4 aliphatic heterocycles. The van der Waals surface area contributed by atoms with Crippen LogP contribution >= 0.6 is 0 Å². The van der Waals surface area contributed by atoms with Gasteiger partial charge >= 0.3 is 0 Å². The Morgan fingerprint density at radius 3 is 1.32 bits per heavy atom. The van der Waals surface area contributed by atoms with Gasteiger partial charge in [0.1, 0.15) is 12.2 Å². The van der Waals surface area contributed by atoms with Crippen molar-refractivity contribution in [3.63, 3.8) is 0 Å². The first-order valence-corrected chi connectivity index (χ1v) is 15.4. The van der Waals surface area contributed by atoms with E-state index in [1.54, 1.807) is 13.8 Å². The summed E-state index contributed by atoms with van der Waals surface area (Å²) in [7, 11) is 0. The molecule has 0 radical (unpaired) electrons. The first kappa shape index (κ1) is 33.5. The van der Waals surface area contributed by atoms with Crippen molar-refractivity contribution in [3.05, 3.63) is 0 Å². The lowest BCUT2D eigenvalue weighted by atomic mass is 9.84. The standard InChI is InChI=1S/C30H54O11/c1-11-13(3)27(34)35-18(8)24(11)39-30-16(6)22(32)26(20(10)38-30)41-28-14(4)12(2)25(19(9)37-28)40-29-15(5)21(31)23(33)17(7)36-29/h11-34H,1-10H3/t11-,12-,13?,14?,15?,16?,17?,18?,19?,20?,21-,22-,23+,24-,25-,26?,27?,28?,29?,30?/m1/s1. The Morgan fingerprint density at radius 2 is 0.756 bits per heavy atom. The van der Waals surface area contributed by atoms with Gasteiger partial charge in [-0.2, -0.15) is 0 Å². The van der Waals surface area contributed by atoms with Crippen molar-refractivity contribution in [2.75, 3.05) is 0 Å². The van der Waals surface area contributed by atoms with Crippen LogP contribution in [0.25, 0.3) is 0 Å². The molecule has 0 aromatic carbocycles. The van der Waals surface area contributed by atoms with Gasteiger partial charge in [0.25, 0.3) is 0 Å². The normalized spacial score (nSPS) is 56.9. The van der Waals surface area contributed by atoms with E-state index in [9.17, 15) is 20.4 Å². The van der Waals surface area contributed by atoms with Crippen LogP contribution in [0.4, 0.5) is 0 Å². The van der Waals surface area contributed by atoms with Gasteiger partial charge in [0, 0.05) is 23.7 Å². The molecule has 240 valence electrons. The molecule has 4 rings (SSSR count). The minimum atomic E-state index is -0.961. The van der Waals surface area contributed by atoms with Crippen molar-refractivity contribution in [2.24, 2.45) is 35.5 Å². The van der Waals surface area contributed by atoms with Crippen LogP contribution in [0.15, 0.2) is 0 Å². The second kappa shape index (κ2) is 13.3. The average molecular weight is 591 g/mol. The third kappa shape index (κ3) is 6.66. The number of aliphatic hydroxyl groups excluding tert-OH is 4. The van der Waals surface area contributed by atoms with Crippen LogP contribution in [-0.4, -0.2) is 107 Å². The number of rotatable bonds is 6. The van der Waals surface area contributed by atoms with E-state index in [-0.39, 0.29) is 54.0 Å². The highest BCUT2D eigenvalue weighted by Gasteiger charge is 2.50. The van der Waals surface area contributed by atoms with Gasteiger partial charge in [0.15, 0.2) is 25.2 Å². The number of hydrogen-bond donors (Lipinski definition) is 4. The molecule has 4 aliphatic rings. The lowest BCUT2D eigenvalue weighted by molar-refractivity contribution is -0.361. The molecule has 0 saturated carbocycles. The Bertz CT molecular complexity index is 847. The monoisotopic (exact) mass is 590 g/mol. The molecular formula is C30H54O11. The predicted octanol–water partition coefficient (Wildman–Crippen LogP) is 2.01. The van der Waals surface area contributed by atoms with E-state index in [2.05, 4.69) is 6.92 Å². The predicted molar refractivity (Wildman–Crippen MR) is 147 cm³/mol. The molecule has 4 fully saturated rings. The van der Waals surface area contributed by atoms with Crippen molar-refractivity contribution in [3.8, 4) is 0 Å². The topological polar surface area (TPSA) is 146 Å². The van der Waals surface area contributed by atoms with Crippen LogP contribution in [0.2, 0.25) is 0 Å². The fraction of sp³-hybridized carbons (Fsp3) is 1.00. The molecule has 4 N–H and O–H groups in total. The quantitative estimate of drug-likeness (QED) is 0.360. The zero-order valence-electron chi connectivity index (χ0n) is 26.2. The Kier molecular flexibility index (Phi) is 10.8. The summed E-state index contributed by atoms with van der Waals surface area (Å²) < 4.78 is 43.3. The first-order chi connectivity index (χ1) is 19.1. The molecule has 0 bridgehead atoms. The zero-order valence-corrected chi connectivity index (χ0v) is 26.2. The molecule has 0 aromatic rings. The van der Waals surface area contributed by atoms with Crippen molar-refractivity contribution < 1.29 is 53.6 Å². The third-order valence-corrected chi connectivity index (χ3v) is 10.3. The van der Waals surface area contributed by atoms with E-state index < -0.39 is 67.7 Å². The van der Waals surface area contributed by atoms with E-state index in [1.807, 2.05) is 48.5 Å². The minimum Gasteiger partial charge on any atom is -0.390 e. The highest BCUT2D eigenvalue weighted by Crippen LogP contribution is 2.40. The van der Waals surface area contributed by atoms with Crippen LogP contribution < -0.4 is 0 Å². The maximum absolute atomic E-state index is 11.4. The molecule has 11 nitrogen and oxygen atoms in total. The van der Waals surface area contributed by atoms with Gasteiger partial charge in [0.05, 0.1) is 48.8 Å². The van der Waals surface area contributed by atoms with Gasteiger partial charge in [-0.25, -0.2) is 0 Å². The Labute approximate surface area is 244 Å². The van der Waals surface area contributed by atoms with Crippen LogP contribution in [0.5, 0.6) is 0 Å². The van der Waals surface area contributed by atoms with Gasteiger partial charge in [-0.05, 0) is 39.5 Å². The van der Waals surface area contributed by atoms with Crippen LogP contribution in [0.3, 0.4) is 0 Å². The average Bonchev–Trinajstić information content (AvgIpc) is 2.92. The molecule has 41 heavy (non-hydrogen) atoms. The van der Waals surface area contributed by atoms with Gasteiger partial charge < -0.3 is 53.6 Å². The number of ether oxygens (including phenoxy) is 7. The highest BCUT2D eigenvalue weighted by molar-refractivity contribution is 4.93. The van der Waals surface area contributed by atoms with E-state index in [0.717, 1.165) is 0 Å². The summed E-state index contributed by atoms with van der Waals surface area (Å²) in [6, 6.07) is 0. The van der Waals surface area contributed by atoms with Crippen LogP contribution in [0.1, 0.15) is 69.2 Å². The largest absolute Gasteiger partial charge is 0.390 e. The lowest BCUT2D eigenvalue weighted by Crippen LogP contribution is -2.60. The minimum absolute atomic E-state index is 0.0101. The summed E-state index contributed by atoms with van der Waals surface area (Å²) in [5.74, 6) is -0.911. The molecule has 4 heterocycles. The van der Waals surface area contributed by atoms with Crippen LogP contribution in [-0.2, 0) is 33.2 Å². The van der Waals surface area contributed by atoms with Gasteiger partial charge in [-0.1, -0.05) is 41.5 Å². The van der Waals surface area contributed by atoms with Crippen molar-refractivity contribution >= 4 is 0 Å². The summed E-state index contributed by atoms with van der Waals surface area (Å²) in [6.07, 6.45) is -8.45. The SMILES string of the molecule is CC1OC(O[C@H]2C(C)OC(O)C(C)[C@H]2C)C(C)[C@@H](O)C1OC1OC(C)[C@H](OC2OC(C)[C@H](O)[C@H](O)C2C)[C@H](C)C1C. The maximum atomic E-state index is 11.4. The fourth-order valence-corrected chi connectivity index (χ4v) is 6.70. The second-order valence-electron chi connectivity index (χ2n) is 13.3. The summed E-state index contributed by atoms with van der Waals surface area (Å²) in [5, 5.41) is 42.1. The van der Waals surface area contributed by atoms with Gasteiger partial charge in [0.2, 0.25) is 0 Å². The third-order valence-electron chi connectivity index (χ3n) is 10.3. The van der Waals surface area contributed by atoms with E-state index in [4.69, 9.17) is 33.2 Å². The molecule has 0 spiro atoms. The Hall–Kier alpha value is -0.440. The molecule has 0 amide bonds. The summed E-state index contributed by atoms with van der Waals surface area (Å²) in [6.45, 7) is 19.1. The fourth-order valence-electron chi connectivity index (χ4n) is 6.70. The summed E-state index contributed by atoms with van der Waals surface area (Å²) in [4.78, 5) is 0. The Balaban J connectivity index is 1.37. The van der Waals surface area contributed by atoms with Crippen molar-refractivity contribution in [1.82, 2.24) is 0 Å². The molecular weight excluding hydrogens is 536 g/mol. The molecule has 13 unspecified atom stereocenters. The molecule has 0 aromatic heterocycles. The van der Waals surface area contributed by atoms with Gasteiger partial charge in [-0.3, -0.25) is 0 Å². The van der Waals surface area contributed by atoms with Gasteiger partial charge in [-0.15, -0.1) is 0 Å². The van der Waals surface area contributed by atoms with E-state index in [1.165, 1.54) is 0 Å². The maximum Gasteiger partial charge on any atom is 0.163 e. The highest BCUT2D eigenvalue weighted by atomic mass is 16.7. The summed E-state index contributed by atoms with van der Waals surface area (Å²) >= 11 is 0. The summed E-state index contributed by atoms with van der Waals surface area (Å²) in [5.41, 5.74) is 0. The second-order valence-corrected chi connectivity index (χ2v) is 13.3. The molecule has 11 heteroatoms. The first-order valence-electron chi connectivity index (χ1n) is 15.4. The smallest absolute Gasteiger partial charge is 0.163 e. The lowest BCUT2D eigenvalue weighted by Gasteiger charge is -2.50. The van der Waals surface area contributed by atoms with Crippen molar-refractivity contribution in [1.29, 1.82) is 0 Å². The van der Waals surface area contributed by atoms with E-state index >= 15 is 0 Å². The molecule has 20 atom stereocenters. The zero-order chi connectivity index (χ0) is 30.5. The van der Waals surface area contributed by atoms with E-state index in [0.29, 0.717) is 0 Å². The molecule has 4 saturated heterocycles. The van der Waals surface area contributed by atoms with Crippen LogP contribution in [0, 0.1) is 35.5 Å². The molecule has 0 aliphatic carbocycles. The Morgan fingerprint density at radius 1 is 0.366 bits per heavy atom. The van der Waals surface area contributed by atoms with Crippen molar-refractivity contribution in [2.45, 2.75) is 155 Å².